The minimum Gasteiger partial charge on any atom is -0.496 e. The standard InChI is InChI=1S/C20H20ClNO4/c1-14(16-8-4-5-9-17(16)21)22-19(23)13-26-20(24)12-11-15-7-3-6-10-18(15)25-2/h3-12,14H,13H2,1-2H3,(H,22,23)/b12-11+/t14-/m1/s1. The van der Waals surface area contributed by atoms with Crippen molar-refractivity contribution in [3.05, 3.63) is 70.8 Å². The number of hydrogen-bond acceptors (Lipinski definition) is 4. The molecule has 0 aliphatic heterocycles. The molecule has 0 fully saturated rings. The molecular weight excluding hydrogens is 354 g/mol. The summed E-state index contributed by atoms with van der Waals surface area (Å²) in [6.45, 7) is 1.44. The molecule has 0 bridgehead atoms. The second-order valence-corrected chi connectivity index (χ2v) is 5.90. The molecule has 0 aliphatic carbocycles. The molecule has 2 rings (SSSR count). The van der Waals surface area contributed by atoms with Gasteiger partial charge in [0.1, 0.15) is 5.75 Å². The van der Waals surface area contributed by atoms with Gasteiger partial charge >= 0.3 is 5.97 Å². The number of amides is 1. The van der Waals surface area contributed by atoms with Gasteiger partial charge in [-0.3, -0.25) is 4.79 Å². The van der Waals surface area contributed by atoms with Gasteiger partial charge in [-0.2, -0.15) is 0 Å². The SMILES string of the molecule is COc1ccccc1/C=C/C(=O)OCC(=O)N[C@H](C)c1ccccc1Cl. The molecule has 0 saturated carbocycles. The Labute approximate surface area is 157 Å². The number of carbonyl (C=O) groups is 2. The number of methoxy groups -OCH3 is 1. The largest absolute Gasteiger partial charge is 0.496 e. The van der Waals surface area contributed by atoms with Gasteiger partial charge in [0.25, 0.3) is 5.91 Å². The summed E-state index contributed by atoms with van der Waals surface area (Å²) in [5.74, 6) is -0.379. The molecule has 2 aromatic carbocycles. The van der Waals surface area contributed by atoms with E-state index in [2.05, 4.69) is 5.32 Å². The predicted octanol–water partition coefficient (Wildman–Crippen LogP) is 3.78. The van der Waals surface area contributed by atoms with E-state index in [1.807, 2.05) is 37.3 Å². The van der Waals surface area contributed by atoms with Crippen LogP contribution in [-0.4, -0.2) is 25.6 Å². The van der Waals surface area contributed by atoms with Crippen LogP contribution in [0.5, 0.6) is 5.75 Å². The second-order valence-electron chi connectivity index (χ2n) is 5.49. The maximum Gasteiger partial charge on any atom is 0.331 e. The predicted molar refractivity (Wildman–Crippen MR) is 101 cm³/mol. The highest BCUT2D eigenvalue weighted by Gasteiger charge is 2.13. The summed E-state index contributed by atoms with van der Waals surface area (Å²) in [7, 11) is 1.55. The molecule has 2 aromatic rings. The van der Waals surface area contributed by atoms with Gasteiger partial charge in [0.15, 0.2) is 6.61 Å². The normalized spacial score (nSPS) is 11.8. The molecule has 0 unspecified atom stereocenters. The zero-order valence-electron chi connectivity index (χ0n) is 14.6. The molecule has 0 aromatic heterocycles. The van der Waals surface area contributed by atoms with Gasteiger partial charge in [0.05, 0.1) is 13.2 Å². The first-order chi connectivity index (χ1) is 12.5. The van der Waals surface area contributed by atoms with Crippen LogP contribution in [0.3, 0.4) is 0 Å². The Bertz CT molecular complexity index is 804. The second kappa shape index (κ2) is 9.63. The molecule has 0 radical (unpaired) electrons. The van der Waals surface area contributed by atoms with E-state index in [0.717, 1.165) is 11.1 Å². The molecule has 0 saturated heterocycles. The van der Waals surface area contributed by atoms with Crippen molar-refractivity contribution in [1.82, 2.24) is 5.32 Å². The van der Waals surface area contributed by atoms with Crippen molar-refractivity contribution in [2.24, 2.45) is 0 Å². The van der Waals surface area contributed by atoms with Crippen molar-refractivity contribution >= 4 is 29.6 Å². The summed E-state index contributed by atoms with van der Waals surface area (Å²) in [6.07, 6.45) is 2.83. The first-order valence-corrected chi connectivity index (χ1v) is 8.40. The summed E-state index contributed by atoms with van der Waals surface area (Å²) in [4.78, 5) is 23.7. The van der Waals surface area contributed by atoms with Gasteiger partial charge in [-0.25, -0.2) is 4.79 Å². The van der Waals surface area contributed by atoms with Crippen LogP contribution in [-0.2, 0) is 14.3 Å². The summed E-state index contributed by atoms with van der Waals surface area (Å²) < 4.78 is 10.1. The molecular formula is C20H20ClNO4. The molecule has 5 nitrogen and oxygen atoms in total. The van der Waals surface area contributed by atoms with Gasteiger partial charge in [-0.1, -0.05) is 48.0 Å². The van der Waals surface area contributed by atoms with Crippen LogP contribution in [0.4, 0.5) is 0 Å². The average Bonchev–Trinajstić information content (AvgIpc) is 2.65. The fraction of sp³-hybridized carbons (Fsp3) is 0.200. The Morgan fingerprint density at radius 2 is 1.85 bits per heavy atom. The van der Waals surface area contributed by atoms with Crippen LogP contribution in [0, 0.1) is 0 Å². The Hall–Kier alpha value is -2.79. The average molecular weight is 374 g/mol. The number of rotatable bonds is 7. The van der Waals surface area contributed by atoms with Gasteiger partial charge < -0.3 is 14.8 Å². The number of esters is 1. The van der Waals surface area contributed by atoms with E-state index in [1.165, 1.54) is 6.08 Å². The maximum absolute atomic E-state index is 11.9. The smallest absolute Gasteiger partial charge is 0.331 e. The molecule has 136 valence electrons. The minimum absolute atomic E-state index is 0.293. The topological polar surface area (TPSA) is 64.6 Å². The third kappa shape index (κ3) is 5.63. The summed E-state index contributed by atoms with van der Waals surface area (Å²) in [5, 5.41) is 3.31. The monoisotopic (exact) mass is 373 g/mol. The highest BCUT2D eigenvalue weighted by atomic mass is 35.5. The zero-order chi connectivity index (χ0) is 18.9. The molecule has 0 aliphatic rings. The lowest BCUT2D eigenvalue weighted by molar-refractivity contribution is -0.144. The lowest BCUT2D eigenvalue weighted by Gasteiger charge is -2.15. The lowest BCUT2D eigenvalue weighted by Crippen LogP contribution is -2.31. The van der Waals surface area contributed by atoms with Gasteiger partial charge in [-0.05, 0) is 30.7 Å². The molecule has 26 heavy (non-hydrogen) atoms. The van der Waals surface area contributed by atoms with Crippen molar-refractivity contribution in [1.29, 1.82) is 0 Å². The van der Waals surface area contributed by atoms with E-state index in [0.29, 0.717) is 10.8 Å². The van der Waals surface area contributed by atoms with Crippen LogP contribution >= 0.6 is 11.6 Å². The van der Waals surface area contributed by atoms with E-state index in [1.54, 1.807) is 31.4 Å². The van der Waals surface area contributed by atoms with Crippen LogP contribution < -0.4 is 10.1 Å². The third-order valence-corrected chi connectivity index (χ3v) is 3.98. The van der Waals surface area contributed by atoms with E-state index < -0.39 is 11.9 Å². The van der Waals surface area contributed by atoms with E-state index in [9.17, 15) is 9.59 Å². The Balaban J connectivity index is 1.84. The summed E-state index contributed by atoms with van der Waals surface area (Å²) in [5.41, 5.74) is 1.54. The molecule has 0 spiro atoms. The van der Waals surface area contributed by atoms with E-state index >= 15 is 0 Å². The fourth-order valence-corrected chi connectivity index (χ4v) is 2.63. The number of ether oxygens (including phenoxy) is 2. The zero-order valence-corrected chi connectivity index (χ0v) is 15.3. The number of carbonyl (C=O) groups excluding carboxylic acids is 2. The third-order valence-electron chi connectivity index (χ3n) is 3.63. The lowest BCUT2D eigenvalue weighted by atomic mass is 10.1. The van der Waals surface area contributed by atoms with Crippen LogP contribution in [0.2, 0.25) is 5.02 Å². The minimum atomic E-state index is -0.614. The van der Waals surface area contributed by atoms with Crippen molar-refractivity contribution in [2.75, 3.05) is 13.7 Å². The van der Waals surface area contributed by atoms with Crippen LogP contribution in [0.15, 0.2) is 54.6 Å². The number of nitrogens with one attached hydrogen (secondary N) is 1. The Kier molecular flexibility index (Phi) is 7.24. The maximum atomic E-state index is 11.9. The van der Waals surface area contributed by atoms with Gasteiger partial charge in [-0.15, -0.1) is 0 Å². The highest BCUT2D eigenvalue weighted by Crippen LogP contribution is 2.22. The van der Waals surface area contributed by atoms with Gasteiger partial charge in [0.2, 0.25) is 0 Å². The van der Waals surface area contributed by atoms with Crippen molar-refractivity contribution in [3.63, 3.8) is 0 Å². The van der Waals surface area contributed by atoms with E-state index in [-0.39, 0.29) is 12.6 Å². The molecule has 1 N–H and O–H groups in total. The van der Waals surface area contributed by atoms with E-state index in [4.69, 9.17) is 21.1 Å². The molecule has 1 atom stereocenters. The van der Waals surface area contributed by atoms with Gasteiger partial charge in [0, 0.05) is 16.7 Å². The Morgan fingerprint density at radius 1 is 1.15 bits per heavy atom. The number of hydrogen-bond donors (Lipinski definition) is 1. The fourth-order valence-electron chi connectivity index (χ4n) is 2.33. The first kappa shape index (κ1) is 19.5. The number of halogens is 1. The van der Waals surface area contributed by atoms with Crippen LogP contribution in [0.1, 0.15) is 24.1 Å². The summed E-state index contributed by atoms with van der Waals surface area (Å²) in [6, 6.07) is 14.2. The van der Waals surface area contributed by atoms with Crippen molar-refractivity contribution < 1.29 is 19.1 Å². The van der Waals surface area contributed by atoms with Crippen LogP contribution in [0.25, 0.3) is 6.08 Å². The molecule has 1 amide bonds. The number of para-hydroxylation sites is 1. The summed E-state index contributed by atoms with van der Waals surface area (Å²) >= 11 is 6.10. The van der Waals surface area contributed by atoms with Crippen molar-refractivity contribution in [2.45, 2.75) is 13.0 Å². The van der Waals surface area contributed by atoms with Crippen molar-refractivity contribution in [3.8, 4) is 5.75 Å². The molecule has 6 heteroatoms. The molecule has 0 heterocycles. The Morgan fingerprint density at radius 3 is 2.58 bits per heavy atom. The quantitative estimate of drug-likeness (QED) is 0.592. The highest BCUT2D eigenvalue weighted by molar-refractivity contribution is 6.31. The first-order valence-electron chi connectivity index (χ1n) is 8.03. The number of benzene rings is 2.